The molecule has 0 fully saturated rings. The lowest BCUT2D eigenvalue weighted by atomic mass is 10.2. The Balaban J connectivity index is 2.65. The molecule has 1 aromatic rings. The Morgan fingerprint density at radius 3 is 2.65 bits per heavy atom. The summed E-state index contributed by atoms with van der Waals surface area (Å²) in [5.74, 6) is 1.12. The molecule has 0 spiro atoms. The van der Waals surface area contributed by atoms with E-state index >= 15 is 0 Å². The van der Waals surface area contributed by atoms with Crippen LogP contribution in [0.1, 0.15) is 24.8 Å². The second-order valence-corrected chi connectivity index (χ2v) is 8.21. The van der Waals surface area contributed by atoms with E-state index in [-0.39, 0.29) is 4.90 Å². The van der Waals surface area contributed by atoms with E-state index in [4.69, 9.17) is 5.73 Å². The molecule has 3 N–H and O–H groups in total. The number of nitrogen functional groups attached to an aromatic ring is 1. The molecule has 1 aromatic carbocycles. The highest BCUT2D eigenvalue weighted by Crippen LogP contribution is 2.26. The van der Waals surface area contributed by atoms with Gasteiger partial charge in [0.1, 0.15) is 0 Å². The first-order valence-corrected chi connectivity index (χ1v) is 10.1. The summed E-state index contributed by atoms with van der Waals surface area (Å²) in [6.07, 6.45) is 5.07. The predicted octanol–water partition coefficient (Wildman–Crippen LogP) is 3.15. The van der Waals surface area contributed by atoms with E-state index in [9.17, 15) is 8.42 Å². The van der Waals surface area contributed by atoms with Crippen LogP contribution in [0.15, 0.2) is 21.5 Å². The minimum atomic E-state index is -3.49. The van der Waals surface area contributed by atoms with E-state index < -0.39 is 10.0 Å². The van der Waals surface area contributed by atoms with Crippen molar-refractivity contribution in [3.63, 3.8) is 0 Å². The molecule has 114 valence electrons. The lowest BCUT2D eigenvalue weighted by Crippen LogP contribution is -2.25. The van der Waals surface area contributed by atoms with Gasteiger partial charge in [0.25, 0.3) is 0 Å². The van der Waals surface area contributed by atoms with Gasteiger partial charge in [-0.2, -0.15) is 11.8 Å². The molecule has 7 heteroatoms. The quantitative estimate of drug-likeness (QED) is 0.536. The third-order valence-corrected chi connectivity index (χ3v) is 5.71. The van der Waals surface area contributed by atoms with E-state index in [0.717, 1.165) is 25.0 Å². The molecular weight excluding hydrogens is 360 g/mol. The van der Waals surface area contributed by atoms with Gasteiger partial charge in [-0.05, 0) is 49.5 Å². The predicted molar refractivity (Wildman–Crippen MR) is 90.7 cm³/mol. The van der Waals surface area contributed by atoms with Crippen LogP contribution in [0.25, 0.3) is 0 Å². The summed E-state index contributed by atoms with van der Waals surface area (Å²) in [6, 6.07) is 3.29. The molecule has 0 aliphatic heterocycles. The third kappa shape index (κ3) is 5.27. The minimum Gasteiger partial charge on any atom is -0.398 e. The van der Waals surface area contributed by atoms with Crippen LogP contribution in [0.4, 0.5) is 5.69 Å². The van der Waals surface area contributed by atoms with Crippen LogP contribution in [0.5, 0.6) is 0 Å². The molecule has 0 unspecified atom stereocenters. The van der Waals surface area contributed by atoms with E-state index in [1.54, 1.807) is 19.1 Å². The average Bonchev–Trinajstić information content (AvgIpc) is 2.37. The van der Waals surface area contributed by atoms with Crippen molar-refractivity contribution in [1.82, 2.24) is 4.72 Å². The smallest absolute Gasteiger partial charge is 0.240 e. The zero-order chi connectivity index (χ0) is 15.2. The summed E-state index contributed by atoms with van der Waals surface area (Å²) in [5.41, 5.74) is 6.86. The highest BCUT2D eigenvalue weighted by molar-refractivity contribution is 9.10. The van der Waals surface area contributed by atoms with Crippen LogP contribution in [-0.2, 0) is 10.0 Å². The van der Waals surface area contributed by atoms with Gasteiger partial charge in [0.15, 0.2) is 0 Å². The van der Waals surface area contributed by atoms with E-state index in [2.05, 4.69) is 26.9 Å². The van der Waals surface area contributed by atoms with Crippen molar-refractivity contribution in [2.24, 2.45) is 0 Å². The van der Waals surface area contributed by atoms with Gasteiger partial charge in [0.05, 0.1) is 4.90 Å². The van der Waals surface area contributed by atoms with Crippen LogP contribution in [0.3, 0.4) is 0 Å². The molecule has 0 saturated carbocycles. The first kappa shape index (κ1) is 17.8. The monoisotopic (exact) mass is 380 g/mol. The van der Waals surface area contributed by atoms with Crippen LogP contribution < -0.4 is 10.5 Å². The van der Waals surface area contributed by atoms with Gasteiger partial charge >= 0.3 is 0 Å². The fraction of sp³-hybridized carbons (Fsp3) is 0.538. The molecule has 1 rings (SSSR count). The first-order valence-electron chi connectivity index (χ1n) is 6.42. The number of nitrogens with two attached hydrogens (primary N) is 1. The highest BCUT2D eigenvalue weighted by Gasteiger charge is 2.18. The zero-order valence-electron chi connectivity index (χ0n) is 11.8. The molecule has 4 nitrogen and oxygen atoms in total. The second kappa shape index (κ2) is 8.26. The Bertz CT molecular complexity index is 548. The topological polar surface area (TPSA) is 72.2 Å². The summed E-state index contributed by atoms with van der Waals surface area (Å²) in [4.78, 5) is 0.244. The minimum absolute atomic E-state index is 0.244. The highest BCUT2D eigenvalue weighted by atomic mass is 79.9. The normalized spacial score (nSPS) is 11.8. The number of anilines is 1. The summed E-state index contributed by atoms with van der Waals surface area (Å²) in [7, 11) is -3.49. The fourth-order valence-corrected chi connectivity index (χ4v) is 4.28. The molecule has 20 heavy (non-hydrogen) atoms. The third-order valence-electron chi connectivity index (χ3n) is 2.97. The largest absolute Gasteiger partial charge is 0.398 e. The molecule has 0 aromatic heterocycles. The lowest BCUT2D eigenvalue weighted by Gasteiger charge is -2.11. The van der Waals surface area contributed by atoms with Gasteiger partial charge in [-0.15, -0.1) is 0 Å². The number of sulfonamides is 1. The van der Waals surface area contributed by atoms with Crippen molar-refractivity contribution in [2.45, 2.75) is 31.1 Å². The standard InChI is InChI=1S/C13H21BrN2O2S2/c1-10-12(15)8-11(14)9-13(10)20(17,18)16-6-4-3-5-7-19-2/h8-9,16H,3-7,15H2,1-2H3. The van der Waals surface area contributed by atoms with Crippen LogP contribution in [0.2, 0.25) is 0 Å². The number of nitrogens with one attached hydrogen (secondary N) is 1. The SMILES string of the molecule is CSCCCCCNS(=O)(=O)c1cc(Br)cc(N)c1C. The molecule has 0 amide bonds. The van der Waals surface area contributed by atoms with Crippen molar-refractivity contribution in [2.75, 3.05) is 24.3 Å². The van der Waals surface area contributed by atoms with Crippen LogP contribution >= 0.6 is 27.7 Å². The fourth-order valence-electron chi connectivity index (χ4n) is 1.79. The number of unbranched alkanes of at least 4 members (excludes halogenated alkanes) is 2. The molecule has 0 aliphatic rings. The lowest BCUT2D eigenvalue weighted by molar-refractivity contribution is 0.575. The maximum Gasteiger partial charge on any atom is 0.240 e. The molecule has 0 aliphatic carbocycles. The molecule has 0 saturated heterocycles. The summed E-state index contributed by atoms with van der Waals surface area (Å²) in [6.45, 7) is 2.18. The summed E-state index contributed by atoms with van der Waals surface area (Å²) < 4.78 is 27.8. The molecule has 0 heterocycles. The molecule has 0 bridgehead atoms. The van der Waals surface area contributed by atoms with Gasteiger partial charge in [-0.3, -0.25) is 0 Å². The Labute approximate surface area is 134 Å². The van der Waals surface area contributed by atoms with Gasteiger partial charge in [0.2, 0.25) is 10.0 Å². The van der Waals surface area contributed by atoms with Crippen LogP contribution in [0, 0.1) is 6.92 Å². The Hall–Kier alpha value is -0.240. The molecular formula is C13H21BrN2O2S2. The van der Waals surface area contributed by atoms with Gasteiger partial charge in [-0.25, -0.2) is 13.1 Å². The Morgan fingerprint density at radius 2 is 2.00 bits per heavy atom. The first-order chi connectivity index (χ1) is 9.38. The number of rotatable bonds is 8. The van der Waals surface area contributed by atoms with Crippen molar-refractivity contribution < 1.29 is 8.42 Å². The van der Waals surface area contributed by atoms with Crippen molar-refractivity contribution in [3.8, 4) is 0 Å². The Kier molecular flexibility index (Phi) is 7.36. The zero-order valence-corrected chi connectivity index (χ0v) is 15.0. The number of halogens is 1. The summed E-state index contributed by atoms with van der Waals surface area (Å²) in [5, 5.41) is 0. The maximum atomic E-state index is 12.3. The number of hydrogen-bond acceptors (Lipinski definition) is 4. The van der Waals surface area contributed by atoms with E-state index in [1.165, 1.54) is 0 Å². The van der Waals surface area contributed by atoms with Gasteiger partial charge < -0.3 is 5.73 Å². The second-order valence-electron chi connectivity index (χ2n) is 4.57. The van der Waals surface area contributed by atoms with Crippen molar-refractivity contribution >= 4 is 43.4 Å². The van der Waals surface area contributed by atoms with Gasteiger partial charge in [0, 0.05) is 16.7 Å². The Morgan fingerprint density at radius 1 is 1.30 bits per heavy atom. The molecule has 0 radical (unpaired) electrons. The van der Waals surface area contributed by atoms with Gasteiger partial charge in [-0.1, -0.05) is 22.4 Å². The number of hydrogen-bond donors (Lipinski definition) is 2. The van der Waals surface area contributed by atoms with Crippen molar-refractivity contribution in [1.29, 1.82) is 0 Å². The van der Waals surface area contributed by atoms with E-state index in [1.807, 2.05) is 11.8 Å². The van der Waals surface area contributed by atoms with Crippen LogP contribution in [-0.4, -0.2) is 27.0 Å². The number of benzene rings is 1. The molecule has 0 atom stereocenters. The summed E-state index contributed by atoms with van der Waals surface area (Å²) >= 11 is 5.08. The van der Waals surface area contributed by atoms with E-state index in [0.29, 0.717) is 22.3 Å². The maximum absolute atomic E-state index is 12.3. The number of thioether (sulfide) groups is 1. The average molecular weight is 381 g/mol. The van der Waals surface area contributed by atoms with Crippen molar-refractivity contribution in [3.05, 3.63) is 22.2 Å².